The number of pyridine rings is 1. The summed E-state index contributed by atoms with van der Waals surface area (Å²) < 4.78 is 24.4. The van der Waals surface area contributed by atoms with Crippen molar-refractivity contribution in [3.63, 3.8) is 0 Å². The predicted octanol–water partition coefficient (Wildman–Crippen LogP) is 3.61. The zero-order valence-electron chi connectivity index (χ0n) is 21.3. The van der Waals surface area contributed by atoms with Crippen molar-refractivity contribution in [2.45, 2.75) is 25.9 Å². The van der Waals surface area contributed by atoms with Crippen molar-refractivity contribution >= 4 is 34.4 Å². The molecule has 2 aliphatic heterocycles. The maximum atomic E-state index is 15.0. The molecule has 10 nitrogen and oxygen atoms in total. The van der Waals surface area contributed by atoms with Gasteiger partial charge >= 0.3 is 5.69 Å². The fourth-order valence-corrected chi connectivity index (χ4v) is 5.50. The van der Waals surface area contributed by atoms with Crippen LogP contribution < -0.4 is 15.3 Å². The Morgan fingerprint density at radius 1 is 1.26 bits per heavy atom. The van der Waals surface area contributed by atoms with E-state index in [1.807, 2.05) is 23.3 Å². The first-order valence-corrected chi connectivity index (χ1v) is 12.9. The molecule has 0 aliphatic carbocycles. The number of hydrogen-bond acceptors (Lipinski definition) is 7. The molecule has 0 unspecified atom stereocenters. The second-order valence-electron chi connectivity index (χ2n) is 9.71. The number of nitrogens with zero attached hydrogens (tertiary/aromatic N) is 7. The Hall–Kier alpha value is -4.25. The summed E-state index contributed by atoms with van der Waals surface area (Å²) in [5.41, 5.74) is -0.107. The number of piperazine rings is 1. The van der Waals surface area contributed by atoms with Crippen LogP contribution in [0.25, 0.3) is 28.2 Å². The van der Waals surface area contributed by atoms with E-state index in [1.165, 1.54) is 16.7 Å². The van der Waals surface area contributed by atoms with Gasteiger partial charge in [0.2, 0.25) is 11.9 Å². The largest absolute Gasteiger partial charge is 0.489 e. The van der Waals surface area contributed by atoms with Crippen LogP contribution in [0.2, 0.25) is 5.02 Å². The van der Waals surface area contributed by atoms with Crippen molar-refractivity contribution in [3.05, 3.63) is 70.6 Å². The van der Waals surface area contributed by atoms with Gasteiger partial charge in [-0.15, -0.1) is 0 Å². The van der Waals surface area contributed by atoms with E-state index in [9.17, 15) is 14.0 Å². The molecular weight excluding hydrogens is 525 g/mol. The van der Waals surface area contributed by atoms with Gasteiger partial charge in [-0.3, -0.25) is 4.79 Å². The van der Waals surface area contributed by atoms with Crippen LogP contribution in [0.4, 0.5) is 10.2 Å². The van der Waals surface area contributed by atoms with Gasteiger partial charge < -0.3 is 19.1 Å². The third-order valence-electron chi connectivity index (χ3n) is 7.10. The standard InChI is InChI=1S/C27H25ClFN7O3/c1-4-19(37)33-11-12-35-16(13-33)14-39-23-20-24(35)32-27(38)36(26-30-9-10-34(26)15(2)3)25(20)31-22(21(23)28)17-7-5-6-8-18(17)29/h4-10,15-16H,1,11-14H2,2-3H3/t16-/m1/s1. The second kappa shape index (κ2) is 9.49. The molecule has 2 aliphatic rings. The number of aromatic nitrogens is 5. The molecular formula is C27H25ClFN7O3. The van der Waals surface area contributed by atoms with Gasteiger partial charge in [0.15, 0.2) is 11.4 Å². The lowest BCUT2D eigenvalue weighted by Gasteiger charge is -2.40. The Morgan fingerprint density at radius 2 is 2.05 bits per heavy atom. The van der Waals surface area contributed by atoms with E-state index < -0.39 is 11.5 Å². The van der Waals surface area contributed by atoms with E-state index in [0.717, 1.165) is 0 Å². The summed E-state index contributed by atoms with van der Waals surface area (Å²) >= 11 is 6.88. The fraction of sp³-hybridized carbons (Fsp3) is 0.296. The van der Waals surface area contributed by atoms with E-state index in [1.54, 1.807) is 35.5 Å². The number of ether oxygens (including phenoxy) is 1. The molecule has 4 aromatic rings. The van der Waals surface area contributed by atoms with Crippen LogP contribution in [0.15, 0.2) is 54.1 Å². The molecule has 3 aromatic heterocycles. The van der Waals surface area contributed by atoms with Gasteiger partial charge in [-0.25, -0.2) is 23.7 Å². The number of benzene rings is 1. The molecule has 1 atom stereocenters. The van der Waals surface area contributed by atoms with Crippen LogP contribution in [0.1, 0.15) is 19.9 Å². The van der Waals surface area contributed by atoms with Crippen molar-refractivity contribution in [2.75, 3.05) is 31.1 Å². The summed E-state index contributed by atoms with van der Waals surface area (Å²) in [5, 5.41) is 0.524. The number of hydrogen-bond donors (Lipinski definition) is 0. The van der Waals surface area contributed by atoms with Crippen LogP contribution in [-0.2, 0) is 4.79 Å². The minimum atomic E-state index is -0.601. The average molecular weight is 550 g/mol. The Bertz CT molecular complexity index is 1700. The molecule has 0 spiro atoms. The lowest BCUT2D eigenvalue weighted by Crippen LogP contribution is -2.56. The molecule has 39 heavy (non-hydrogen) atoms. The lowest BCUT2D eigenvalue weighted by molar-refractivity contribution is -0.126. The molecule has 1 fully saturated rings. The quantitative estimate of drug-likeness (QED) is 0.359. The first-order valence-electron chi connectivity index (χ1n) is 12.5. The van der Waals surface area contributed by atoms with Gasteiger partial charge in [0.1, 0.15) is 28.7 Å². The number of imidazole rings is 1. The number of amides is 1. The minimum Gasteiger partial charge on any atom is -0.489 e. The number of rotatable bonds is 4. The highest BCUT2D eigenvalue weighted by atomic mass is 35.5. The third-order valence-corrected chi connectivity index (χ3v) is 7.45. The van der Waals surface area contributed by atoms with Crippen LogP contribution in [0, 0.1) is 5.82 Å². The molecule has 5 heterocycles. The molecule has 0 saturated carbocycles. The molecule has 0 N–H and O–H groups in total. The number of carbonyl (C=O) groups is 1. The molecule has 12 heteroatoms. The van der Waals surface area contributed by atoms with E-state index in [2.05, 4.69) is 16.5 Å². The van der Waals surface area contributed by atoms with Gasteiger partial charge in [-0.2, -0.15) is 4.98 Å². The summed E-state index contributed by atoms with van der Waals surface area (Å²) in [4.78, 5) is 43.4. The molecule has 1 aromatic carbocycles. The Labute approximate surface area is 227 Å². The Morgan fingerprint density at radius 3 is 2.79 bits per heavy atom. The minimum absolute atomic E-state index is 0.0197. The van der Waals surface area contributed by atoms with Gasteiger partial charge in [-0.1, -0.05) is 30.3 Å². The van der Waals surface area contributed by atoms with Crippen LogP contribution in [-0.4, -0.2) is 67.2 Å². The topological polar surface area (TPSA) is 98.4 Å². The smallest absolute Gasteiger partial charge is 0.358 e. The van der Waals surface area contributed by atoms with E-state index >= 15 is 0 Å². The summed E-state index contributed by atoms with van der Waals surface area (Å²) in [7, 11) is 0. The average Bonchev–Trinajstić information content (AvgIpc) is 3.35. The van der Waals surface area contributed by atoms with Crippen LogP contribution in [0.3, 0.4) is 0 Å². The first-order chi connectivity index (χ1) is 18.8. The summed E-state index contributed by atoms with van der Waals surface area (Å²) in [5.74, 6) is 0.208. The molecule has 1 saturated heterocycles. The van der Waals surface area contributed by atoms with Crippen molar-refractivity contribution in [1.82, 2.24) is 29.0 Å². The molecule has 6 rings (SSSR count). The first kappa shape index (κ1) is 25.1. The summed E-state index contributed by atoms with van der Waals surface area (Å²) in [6, 6.07) is 5.81. The van der Waals surface area contributed by atoms with Gasteiger partial charge in [-0.05, 0) is 32.1 Å². The lowest BCUT2D eigenvalue weighted by atomic mass is 10.1. The zero-order chi connectivity index (χ0) is 27.4. The van der Waals surface area contributed by atoms with Crippen LogP contribution >= 0.6 is 11.6 Å². The molecule has 1 amide bonds. The molecule has 0 radical (unpaired) electrons. The highest BCUT2D eigenvalue weighted by molar-refractivity contribution is 6.36. The third kappa shape index (κ3) is 3.95. The van der Waals surface area contributed by atoms with E-state index in [-0.39, 0.29) is 52.3 Å². The second-order valence-corrected chi connectivity index (χ2v) is 10.1. The number of fused-ring (bicyclic) bond motifs is 2. The Balaban J connectivity index is 1.66. The number of carbonyl (C=O) groups excluding carboxylic acids is 1. The highest BCUT2D eigenvalue weighted by Gasteiger charge is 2.37. The predicted molar refractivity (Wildman–Crippen MR) is 145 cm³/mol. The maximum absolute atomic E-state index is 15.0. The van der Waals surface area contributed by atoms with E-state index in [4.69, 9.17) is 21.3 Å². The van der Waals surface area contributed by atoms with Crippen molar-refractivity contribution in [2.24, 2.45) is 0 Å². The summed E-state index contributed by atoms with van der Waals surface area (Å²) in [6.07, 6.45) is 4.63. The number of anilines is 1. The molecule has 200 valence electrons. The fourth-order valence-electron chi connectivity index (χ4n) is 5.20. The number of halogens is 2. The van der Waals surface area contributed by atoms with Crippen LogP contribution in [0.5, 0.6) is 5.75 Å². The SMILES string of the molecule is C=CC(=O)N1CCN2c3nc(=O)n(-c4nccn4C(C)C)c4nc(-c5ccccc5F)c(Cl)c(c34)OC[C@H]2C1. The maximum Gasteiger partial charge on any atom is 0.358 e. The zero-order valence-corrected chi connectivity index (χ0v) is 22.1. The highest BCUT2D eigenvalue weighted by Crippen LogP contribution is 2.45. The van der Waals surface area contributed by atoms with Crippen molar-refractivity contribution in [1.29, 1.82) is 0 Å². The monoisotopic (exact) mass is 549 g/mol. The Kier molecular flexibility index (Phi) is 6.10. The van der Waals surface area contributed by atoms with Crippen molar-refractivity contribution < 1.29 is 13.9 Å². The molecule has 0 bridgehead atoms. The van der Waals surface area contributed by atoms with Gasteiger partial charge in [0.25, 0.3) is 0 Å². The van der Waals surface area contributed by atoms with Crippen molar-refractivity contribution in [3.8, 4) is 23.0 Å². The summed E-state index contributed by atoms with van der Waals surface area (Å²) in [6.45, 7) is 8.83. The van der Waals surface area contributed by atoms with E-state index in [0.29, 0.717) is 36.8 Å². The van der Waals surface area contributed by atoms with Gasteiger partial charge in [0, 0.05) is 43.6 Å². The van der Waals surface area contributed by atoms with Gasteiger partial charge in [0.05, 0.1) is 11.7 Å². The normalized spacial score (nSPS) is 16.7.